The first-order chi connectivity index (χ1) is 7.72. The molecule has 0 aliphatic carbocycles. The average Bonchev–Trinajstić information content (AvgIpc) is 2.29. The van der Waals surface area contributed by atoms with Crippen molar-refractivity contribution in [1.29, 1.82) is 0 Å². The Labute approximate surface area is 96.3 Å². The van der Waals surface area contributed by atoms with Gasteiger partial charge in [-0.3, -0.25) is 0 Å². The first-order valence-corrected chi connectivity index (χ1v) is 5.39. The maximum absolute atomic E-state index is 5.75. The summed E-state index contributed by atoms with van der Waals surface area (Å²) in [5.41, 5.74) is 7.24. The Hall–Kier alpha value is -1.26. The molecule has 1 rings (SSSR count). The van der Waals surface area contributed by atoms with E-state index in [2.05, 4.69) is 0 Å². The van der Waals surface area contributed by atoms with Gasteiger partial charge in [0, 0.05) is 18.9 Å². The van der Waals surface area contributed by atoms with E-state index >= 15 is 0 Å². The number of benzene rings is 1. The van der Waals surface area contributed by atoms with Gasteiger partial charge in [-0.1, -0.05) is 0 Å². The molecule has 0 heterocycles. The Bertz CT molecular complexity index is 322. The molecule has 0 fully saturated rings. The van der Waals surface area contributed by atoms with Crippen LogP contribution in [0.2, 0.25) is 0 Å². The van der Waals surface area contributed by atoms with Crippen LogP contribution in [-0.4, -0.2) is 20.3 Å². The molecule has 4 nitrogen and oxygen atoms in total. The van der Waals surface area contributed by atoms with Crippen LogP contribution in [0.5, 0.6) is 5.75 Å². The Morgan fingerprint density at radius 1 is 1.19 bits per heavy atom. The molecule has 0 aromatic heterocycles. The Balaban J connectivity index is 3.00. The molecule has 0 unspecified atom stereocenters. The molecular formula is C12H19NO3. The van der Waals surface area contributed by atoms with Gasteiger partial charge < -0.3 is 19.9 Å². The van der Waals surface area contributed by atoms with Crippen LogP contribution in [0.4, 0.5) is 5.69 Å². The van der Waals surface area contributed by atoms with Gasteiger partial charge in [0.25, 0.3) is 0 Å². The summed E-state index contributed by atoms with van der Waals surface area (Å²) in [4.78, 5) is 0. The predicted molar refractivity (Wildman–Crippen MR) is 63.4 cm³/mol. The lowest BCUT2D eigenvalue weighted by molar-refractivity contribution is -0.141. The third-order valence-electron chi connectivity index (χ3n) is 2.14. The highest BCUT2D eigenvalue weighted by molar-refractivity contribution is 5.48. The molecule has 0 aliphatic heterocycles. The summed E-state index contributed by atoms with van der Waals surface area (Å²) in [6.07, 6.45) is -0.423. The summed E-state index contributed by atoms with van der Waals surface area (Å²) < 4.78 is 16.3. The van der Waals surface area contributed by atoms with Crippen LogP contribution in [-0.2, 0) is 9.47 Å². The zero-order chi connectivity index (χ0) is 12.0. The molecule has 4 heteroatoms. The van der Waals surface area contributed by atoms with E-state index in [1.54, 1.807) is 13.2 Å². The molecule has 1 aromatic rings. The normalized spacial score (nSPS) is 10.8. The topological polar surface area (TPSA) is 53.7 Å². The highest BCUT2D eigenvalue weighted by Crippen LogP contribution is 2.30. The standard InChI is InChI=1S/C12H19NO3/c1-4-15-12(16-5-2)10-8-9(13)6-7-11(10)14-3/h6-8,12H,4-5,13H2,1-3H3. The lowest BCUT2D eigenvalue weighted by Crippen LogP contribution is -2.10. The largest absolute Gasteiger partial charge is 0.496 e. The van der Waals surface area contributed by atoms with E-state index in [-0.39, 0.29) is 0 Å². The van der Waals surface area contributed by atoms with Crippen molar-refractivity contribution < 1.29 is 14.2 Å². The highest BCUT2D eigenvalue weighted by Gasteiger charge is 2.16. The fraction of sp³-hybridized carbons (Fsp3) is 0.500. The Morgan fingerprint density at radius 2 is 1.81 bits per heavy atom. The van der Waals surface area contributed by atoms with Crippen molar-refractivity contribution in [1.82, 2.24) is 0 Å². The minimum atomic E-state index is -0.423. The van der Waals surface area contributed by atoms with E-state index < -0.39 is 6.29 Å². The minimum Gasteiger partial charge on any atom is -0.496 e. The number of nitrogens with two attached hydrogens (primary N) is 1. The maximum Gasteiger partial charge on any atom is 0.187 e. The van der Waals surface area contributed by atoms with Crippen LogP contribution in [0, 0.1) is 0 Å². The van der Waals surface area contributed by atoms with Crippen LogP contribution in [0.1, 0.15) is 25.7 Å². The highest BCUT2D eigenvalue weighted by atomic mass is 16.7. The molecular weight excluding hydrogens is 206 g/mol. The number of ether oxygens (including phenoxy) is 3. The van der Waals surface area contributed by atoms with Crippen molar-refractivity contribution in [2.45, 2.75) is 20.1 Å². The van der Waals surface area contributed by atoms with Gasteiger partial charge in [0.1, 0.15) is 5.75 Å². The zero-order valence-electron chi connectivity index (χ0n) is 10.0. The lowest BCUT2D eigenvalue weighted by Gasteiger charge is -2.19. The molecule has 0 aliphatic rings. The van der Waals surface area contributed by atoms with Crippen LogP contribution in [0.15, 0.2) is 18.2 Å². The number of hydrogen-bond donors (Lipinski definition) is 1. The first-order valence-electron chi connectivity index (χ1n) is 5.39. The van der Waals surface area contributed by atoms with E-state index in [1.165, 1.54) is 0 Å². The summed E-state index contributed by atoms with van der Waals surface area (Å²) in [5.74, 6) is 0.723. The van der Waals surface area contributed by atoms with Crippen molar-refractivity contribution in [2.75, 3.05) is 26.1 Å². The molecule has 1 aromatic carbocycles. The fourth-order valence-electron chi connectivity index (χ4n) is 1.47. The number of hydrogen-bond acceptors (Lipinski definition) is 4. The van der Waals surface area contributed by atoms with Crippen LogP contribution < -0.4 is 10.5 Å². The molecule has 0 saturated carbocycles. The minimum absolute atomic E-state index is 0.423. The van der Waals surface area contributed by atoms with Gasteiger partial charge in [0.15, 0.2) is 6.29 Å². The van der Waals surface area contributed by atoms with E-state index in [4.69, 9.17) is 19.9 Å². The third kappa shape index (κ3) is 3.12. The van der Waals surface area contributed by atoms with Crippen LogP contribution >= 0.6 is 0 Å². The van der Waals surface area contributed by atoms with Crippen molar-refractivity contribution in [3.63, 3.8) is 0 Å². The molecule has 0 spiro atoms. The van der Waals surface area contributed by atoms with Crippen molar-refractivity contribution >= 4 is 5.69 Å². The quantitative estimate of drug-likeness (QED) is 0.596. The zero-order valence-corrected chi connectivity index (χ0v) is 10.0. The number of anilines is 1. The summed E-state index contributed by atoms with van der Waals surface area (Å²) in [5, 5.41) is 0. The van der Waals surface area contributed by atoms with Gasteiger partial charge in [-0.05, 0) is 32.0 Å². The lowest BCUT2D eigenvalue weighted by atomic mass is 10.1. The Kier molecular flexibility index (Phi) is 5.08. The molecule has 2 N–H and O–H groups in total. The van der Waals surface area contributed by atoms with Gasteiger partial charge in [-0.15, -0.1) is 0 Å². The second-order valence-corrected chi connectivity index (χ2v) is 3.24. The number of methoxy groups -OCH3 is 1. The first kappa shape index (κ1) is 12.8. The number of rotatable bonds is 6. The second kappa shape index (κ2) is 6.35. The molecule has 0 amide bonds. The van der Waals surface area contributed by atoms with E-state index in [0.29, 0.717) is 18.9 Å². The van der Waals surface area contributed by atoms with E-state index in [0.717, 1.165) is 11.3 Å². The summed E-state index contributed by atoms with van der Waals surface area (Å²) >= 11 is 0. The molecule has 0 saturated heterocycles. The summed E-state index contributed by atoms with van der Waals surface area (Å²) in [6.45, 7) is 4.99. The smallest absolute Gasteiger partial charge is 0.187 e. The van der Waals surface area contributed by atoms with Crippen molar-refractivity contribution in [2.24, 2.45) is 0 Å². The van der Waals surface area contributed by atoms with E-state index in [1.807, 2.05) is 26.0 Å². The van der Waals surface area contributed by atoms with Gasteiger partial charge in [0.05, 0.1) is 12.7 Å². The third-order valence-corrected chi connectivity index (χ3v) is 2.14. The van der Waals surface area contributed by atoms with Gasteiger partial charge in [-0.2, -0.15) is 0 Å². The van der Waals surface area contributed by atoms with Crippen LogP contribution in [0.3, 0.4) is 0 Å². The van der Waals surface area contributed by atoms with Gasteiger partial charge >= 0.3 is 0 Å². The van der Waals surface area contributed by atoms with E-state index in [9.17, 15) is 0 Å². The monoisotopic (exact) mass is 225 g/mol. The van der Waals surface area contributed by atoms with Gasteiger partial charge in [-0.25, -0.2) is 0 Å². The average molecular weight is 225 g/mol. The van der Waals surface area contributed by atoms with Crippen molar-refractivity contribution in [3.8, 4) is 5.75 Å². The summed E-state index contributed by atoms with van der Waals surface area (Å²) in [6, 6.07) is 5.42. The molecule has 90 valence electrons. The predicted octanol–water partition coefficient (Wildman–Crippen LogP) is 2.35. The van der Waals surface area contributed by atoms with Crippen molar-refractivity contribution in [3.05, 3.63) is 23.8 Å². The molecule has 16 heavy (non-hydrogen) atoms. The Morgan fingerprint density at radius 3 is 2.31 bits per heavy atom. The molecule has 0 atom stereocenters. The van der Waals surface area contributed by atoms with Gasteiger partial charge in [0.2, 0.25) is 0 Å². The molecule has 0 bridgehead atoms. The SMILES string of the molecule is CCOC(OCC)c1cc(N)ccc1OC. The number of nitrogen functional groups attached to an aromatic ring is 1. The van der Waals surface area contributed by atoms with Crippen LogP contribution in [0.25, 0.3) is 0 Å². The fourth-order valence-corrected chi connectivity index (χ4v) is 1.47. The second-order valence-electron chi connectivity index (χ2n) is 3.24. The summed E-state index contributed by atoms with van der Waals surface area (Å²) in [7, 11) is 1.62. The maximum atomic E-state index is 5.75. The molecule has 0 radical (unpaired) electrons.